The fourth-order valence-electron chi connectivity index (χ4n) is 0.992. The van der Waals surface area contributed by atoms with Crippen molar-refractivity contribution in [1.29, 1.82) is 0 Å². The monoisotopic (exact) mass is 138 g/mol. The summed E-state index contributed by atoms with van der Waals surface area (Å²) in [7, 11) is 0. The second-order valence-electron chi connectivity index (χ2n) is 2.54. The zero-order valence-corrected chi connectivity index (χ0v) is 5.44. The summed E-state index contributed by atoms with van der Waals surface area (Å²) < 4.78 is 37.7. The molecule has 1 nitrogen and oxygen atoms in total. The van der Waals surface area contributed by atoms with Crippen LogP contribution in [0.3, 0.4) is 0 Å². The molecule has 1 aromatic rings. The molecule has 10 heavy (non-hydrogen) atoms. The van der Waals surface area contributed by atoms with Crippen molar-refractivity contribution in [2.75, 3.05) is 0 Å². The van der Waals surface area contributed by atoms with Crippen molar-refractivity contribution in [1.82, 2.24) is 0 Å². The minimum Gasteiger partial charge on any atom is -0.327 e. The van der Waals surface area contributed by atoms with E-state index >= 15 is 0 Å². The third-order valence-electron chi connectivity index (χ3n) is 1.73. The van der Waals surface area contributed by atoms with E-state index < -0.39 is 0 Å². The Labute approximate surface area is 67.9 Å². The summed E-state index contributed by atoms with van der Waals surface area (Å²) in [5, 5.41) is 0. The fraction of sp³-hybridized carbons (Fsp3) is 0.333. The van der Waals surface area contributed by atoms with E-state index in [1.807, 2.05) is 0 Å². The van der Waals surface area contributed by atoms with Gasteiger partial charge in [-0.15, -0.1) is 0 Å². The van der Waals surface area contributed by atoms with E-state index in [9.17, 15) is 0 Å². The van der Waals surface area contributed by atoms with Crippen LogP contribution in [0.4, 0.5) is 0 Å². The van der Waals surface area contributed by atoms with Crippen molar-refractivity contribution in [3.8, 4) is 0 Å². The number of nitrogens with two attached hydrogens (primary N) is 1. The maximum absolute atomic E-state index is 7.67. The summed E-state index contributed by atoms with van der Waals surface area (Å²) in [5.74, 6) is -0.0706. The smallest absolute Gasteiger partial charge is 0.0626 e. The molecule has 0 bridgehead atoms. The lowest BCUT2D eigenvalue weighted by Crippen LogP contribution is -2.00. The summed E-state index contributed by atoms with van der Waals surface area (Å²) >= 11 is 0. The minimum atomic E-state index is -0.344. The van der Waals surface area contributed by atoms with Crippen molar-refractivity contribution in [3.05, 3.63) is 35.8 Å². The Morgan fingerprint density at radius 1 is 1.40 bits per heavy atom. The Morgan fingerprint density at radius 3 is 2.50 bits per heavy atom. The topological polar surface area (TPSA) is 26.0 Å². The molecular weight excluding hydrogens is 122 g/mol. The molecule has 1 saturated carbocycles. The molecule has 2 rings (SSSR count). The molecule has 1 heteroatoms. The Bertz CT molecular complexity index is 402. The van der Waals surface area contributed by atoms with E-state index in [0.29, 0.717) is 12.0 Å². The Hall–Kier alpha value is -0.820. The zero-order chi connectivity index (χ0) is 11.3. The third kappa shape index (κ3) is 0.929. The summed E-state index contributed by atoms with van der Waals surface area (Å²) in [4.78, 5) is 0. The molecular formula is C9H11N. The summed E-state index contributed by atoms with van der Waals surface area (Å²) in [6.07, 6.45) is 0.702. The highest BCUT2D eigenvalue weighted by Crippen LogP contribution is 2.38. The Balaban J connectivity index is 2.64. The summed E-state index contributed by atoms with van der Waals surface area (Å²) in [6, 6.07) is -1.18. The second kappa shape index (κ2) is 2.10. The molecule has 0 heterocycles. The minimum absolute atomic E-state index is 0.0615. The fourth-order valence-corrected chi connectivity index (χ4v) is 0.992. The molecule has 2 N–H and O–H groups in total. The van der Waals surface area contributed by atoms with E-state index in [1.54, 1.807) is 0 Å². The molecule has 0 amide bonds. The van der Waals surface area contributed by atoms with Crippen LogP contribution < -0.4 is 5.73 Å². The highest BCUT2D eigenvalue weighted by molar-refractivity contribution is 5.26. The summed E-state index contributed by atoms with van der Waals surface area (Å²) in [6.45, 7) is 0. The maximum atomic E-state index is 7.67. The van der Waals surface area contributed by atoms with Crippen LogP contribution in [-0.4, -0.2) is 6.04 Å². The first-order chi connectivity index (χ1) is 6.95. The Kier molecular flexibility index (Phi) is 0.559. The standard InChI is InChI=1S/C9H11N/c10-9-6-8(9)7-4-2-1-3-5-7/h1-5,8-9H,6,10H2/t8-,9-/m0/s1/i1D,2D,3D,4D,5D. The highest BCUT2D eigenvalue weighted by Gasteiger charge is 2.34. The van der Waals surface area contributed by atoms with Gasteiger partial charge in [0.15, 0.2) is 0 Å². The van der Waals surface area contributed by atoms with Gasteiger partial charge in [0.2, 0.25) is 0 Å². The molecule has 0 spiro atoms. The molecule has 0 aliphatic heterocycles. The average molecular weight is 138 g/mol. The molecule has 1 aliphatic carbocycles. The molecule has 2 atom stereocenters. The van der Waals surface area contributed by atoms with Gasteiger partial charge in [0, 0.05) is 12.0 Å². The normalized spacial score (nSPS) is 37.1. The lowest BCUT2D eigenvalue weighted by Gasteiger charge is -1.94. The van der Waals surface area contributed by atoms with Crippen LogP contribution >= 0.6 is 0 Å². The average Bonchev–Trinajstić information content (AvgIpc) is 2.90. The number of hydrogen-bond donors (Lipinski definition) is 1. The van der Waals surface area contributed by atoms with Gasteiger partial charge in [0.1, 0.15) is 0 Å². The van der Waals surface area contributed by atoms with Crippen molar-refractivity contribution < 1.29 is 6.85 Å². The molecule has 1 aromatic carbocycles. The van der Waals surface area contributed by atoms with Gasteiger partial charge in [-0.2, -0.15) is 0 Å². The largest absolute Gasteiger partial charge is 0.327 e. The number of hydrogen-bond acceptors (Lipinski definition) is 1. The summed E-state index contributed by atoms with van der Waals surface area (Å²) in [5.41, 5.74) is 6.01. The first-order valence-corrected chi connectivity index (χ1v) is 3.27. The lowest BCUT2D eigenvalue weighted by molar-refractivity contribution is 0.991. The lowest BCUT2D eigenvalue weighted by atomic mass is 10.1. The molecule has 0 saturated heterocycles. The quantitative estimate of drug-likeness (QED) is 0.625. The third-order valence-corrected chi connectivity index (χ3v) is 1.73. The van der Waals surface area contributed by atoms with Gasteiger partial charge in [0.25, 0.3) is 0 Å². The molecule has 0 aromatic heterocycles. The predicted octanol–water partition coefficient (Wildman–Crippen LogP) is 1.50. The van der Waals surface area contributed by atoms with Gasteiger partial charge in [0.05, 0.1) is 6.85 Å². The van der Waals surface area contributed by atoms with E-state index in [1.165, 1.54) is 0 Å². The molecule has 0 unspecified atom stereocenters. The van der Waals surface area contributed by atoms with Crippen molar-refractivity contribution in [2.24, 2.45) is 5.73 Å². The Morgan fingerprint density at radius 2 is 2.00 bits per heavy atom. The first-order valence-electron chi connectivity index (χ1n) is 5.77. The number of rotatable bonds is 1. The number of benzene rings is 1. The first kappa shape index (κ1) is 2.67. The van der Waals surface area contributed by atoms with E-state index in [2.05, 4.69) is 0 Å². The van der Waals surface area contributed by atoms with Crippen LogP contribution in [0.2, 0.25) is 0 Å². The van der Waals surface area contributed by atoms with Gasteiger partial charge >= 0.3 is 0 Å². The van der Waals surface area contributed by atoms with Crippen LogP contribution in [0.5, 0.6) is 0 Å². The van der Waals surface area contributed by atoms with Crippen molar-refractivity contribution in [2.45, 2.75) is 18.4 Å². The van der Waals surface area contributed by atoms with Crippen LogP contribution in [0.1, 0.15) is 24.8 Å². The van der Waals surface area contributed by atoms with Crippen molar-refractivity contribution >= 4 is 0 Å². The van der Waals surface area contributed by atoms with Gasteiger partial charge in [-0.3, -0.25) is 0 Å². The van der Waals surface area contributed by atoms with E-state index in [4.69, 9.17) is 12.6 Å². The highest BCUT2D eigenvalue weighted by atomic mass is 14.7. The van der Waals surface area contributed by atoms with Crippen LogP contribution in [-0.2, 0) is 0 Å². The van der Waals surface area contributed by atoms with E-state index in [0.717, 1.165) is 0 Å². The van der Waals surface area contributed by atoms with Gasteiger partial charge in [-0.05, 0) is 12.0 Å². The van der Waals surface area contributed by atoms with Crippen LogP contribution in [0, 0.1) is 0 Å². The molecule has 1 fully saturated rings. The van der Waals surface area contributed by atoms with E-state index in [-0.39, 0.29) is 42.2 Å². The molecule has 1 aliphatic rings. The molecule has 52 valence electrons. The van der Waals surface area contributed by atoms with Crippen molar-refractivity contribution in [3.63, 3.8) is 0 Å². The van der Waals surface area contributed by atoms with Crippen LogP contribution in [0.15, 0.2) is 30.2 Å². The zero-order valence-electron chi connectivity index (χ0n) is 10.4. The SMILES string of the molecule is [2H]c1c([2H])c([2H])c([C@@H]2C[C@@H]2N)c([2H])c1[2H]. The van der Waals surface area contributed by atoms with Gasteiger partial charge in [-0.25, -0.2) is 0 Å². The second-order valence-corrected chi connectivity index (χ2v) is 2.54. The van der Waals surface area contributed by atoms with Gasteiger partial charge in [-0.1, -0.05) is 30.2 Å². The van der Waals surface area contributed by atoms with Gasteiger partial charge < -0.3 is 5.73 Å². The van der Waals surface area contributed by atoms with Crippen LogP contribution in [0.25, 0.3) is 0 Å². The molecule has 0 radical (unpaired) electrons. The predicted molar refractivity (Wildman–Crippen MR) is 41.8 cm³/mol. The maximum Gasteiger partial charge on any atom is 0.0626 e.